The zero-order chi connectivity index (χ0) is 13.2. The molecule has 0 bridgehead atoms. The lowest BCUT2D eigenvalue weighted by molar-refractivity contribution is 0.879. The second-order valence-electron chi connectivity index (χ2n) is 5.26. The van der Waals surface area contributed by atoms with Crippen LogP contribution in [0.2, 0.25) is 0 Å². The highest BCUT2D eigenvalue weighted by molar-refractivity contribution is 14.1. The van der Waals surface area contributed by atoms with Crippen molar-refractivity contribution < 1.29 is 0 Å². The summed E-state index contributed by atoms with van der Waals surface area (Å²) in [5.74, 6) is 0. The quantitative estimate of drug-likeness (QED) is 0.761. The minimum atomic E-state index is 0.351. The molecule has 19 heavy (non-hydrogen) atoms. The molecular formula is C17H18IN. The van der Waals surface area contributed by atoms with Crippen molar-refractivity contribution in [2.75, 3.05) is 5.32 Å². The van der Waals surface area contributed by atoms with E-state index < -0.39 is 0 Å². The molecule has 1 atom stereocenters. The molecule has 1 aliphatic carbocycles. The highest BCUT2D eigenvalue weighted by Crippen LogP contribution is 2.27. The van der Waals surface area contributed by atoms with Crippen LogP contribution >= 0.6 is 22.6 Å². The van der Waals surface area contributed by atoms with Gasteiger partial charge in [0, 0.05) is 15.3 Å². The number of nitrogens with one attached hydrogen (secondary N) is 1. The summed E-state index contributed by atoms with van der Waals surface area (Å²) >= 11 is 2.35. The van der Waals surface area contributed by atoms with Crippen LogP contribution in [0.1, 0.15) is 36.1 Å². The van der Waals surface area contributed by atoms with Crippen LogP contribution in [0.25, 0.3) is 0 Å². The average molecular weight is 363 g/mol. The van der Waals surface area contributed by atoms with Crippen LogP contribution in [0.5, 0.6) is 0 Å². The molecule has 3 rings (SSSR count). The molecular weight excluding hydrogens is 345 g/mol. The van der Waals surface area contributed by atoms with E-state index >= 15 is 0 Å². The summed E-state index contributed by atoms with van der Waals surface area (Å²) in [6, 6.07) is 15.8. The van der Waals surface area contributed by atoms with Crippen molar-refractivity contribution in [2.45, 2.75) is 32.2 Å². The van der Waals surface area contributed by atoms with Gasteiger partial charge in [0.15, 0.2) is 0 Å². The SMILES string of the molecule is CC(Nc1cccc(I)c1)c1ccc2c(c1)CCC2. The largest absolute Gasteiger partial charge is 0.378 e. The normalized spacial score (nSPS) is 15.1. The standard InChI is InChI=1S/C17H18IN/c1-12(19-17-7-3-6-16(18)11-17)14-9-8-13-4-2-5-15(13)10-14/h3,6-12,19H,2,4-5H2,1H3. The first-order valence-corrected chi connectivity index (χ1v) is 7.94. The first kappa shape index (κ1) is 13.0. The van der Waals surface area contributed by atoms with Gasteiger partial charge in [0.25, 0.3) is 0 Å². The predicted octanol–water partition coefficient (Wildman–Crippen LogP) is 4.95. The third kappa shape index (κ3) is 2.94. The minimum Gasteiger partial charge on any atom is -0.378 e. The van der Waals surface area contributed by atoms with Crippen molar-refractivity contribution >= 4 is 28.3 Å². The van der Waals surface area contributed by atoms with Gasteiger partial charge in [0.1, 0.15) is 0 Å². The molecule has 0 saturated heterocycles. The molecule has 0 aliphatic heterocycles. The highest BCUT2D eigenvalue weighted by Gasteiger charge is 2.13. The topological polar surface area (TPSA) is 12.0 Å². The molecule has 0 fully saturated rings. The lowest BCUT2D eigenvalue weighted by atomic mass is 10.0. The summed E-state index contributed by atoms with van der Waals surface area (Å²) in [4.78, 5) is 0. The maximum absolute atomic E-state index is 3.59. The van der Waals surface area contributed by atoms with Crippen LogP contribution in [-0.2, 0) is 12.8 Å². The number of aryl methyl sites for hydroxylation is 2. The number of halogens is 1. The fourth-order valence-corrected chi connectivity index (χ4v) is 3.32. The summed E-state index contributed by atoms with van der Waals surface area (Å²) in [5.41, 5.74) is 5.68. The zero-order valence-corrected chi connectivity index (χ0v) is 13.3. The molecule has 0 heterocycles. The molecule has 0 amide bonds. The summed E-state index contributed by atoms with van der Waals surface area (Å²) in [5, 5.41) is 3.59. The van der Waals surface area contributed by atoms with E-state index in [9.17, 15) is 0 Å². The van der Waals surface area contributed by atoms with E-state index in [2.05, 4.69) is 77.3 Å². The van der Waals surface area contributed by atoms with Gasteiger partial charge < -0.3 is 5.32 Å². The number of benzene rings is 2. The molecule has 0 radical (unpaired) electrons. The van der Waals surface area contributed by atoms with Crippen LogP contribution in [-0.4, -0.2) is 0 Å². The molecule has 1 nitrogen and oxygen atoms in total. The molecule has 0 saturated carbocycles. The van der Waals surface area contributed by atoms with Crippen molar-refractivity contribution in [3.63, 3.8) is 0 Å². The van der Waals surface area contributed by atoms with Gasteiger partial charge in [-0.2, -0.15) is 0 Å². The predicted molar refractivity (Wildman–Crippen MR) is 89.7 cm³/mol. The lowest BCUT2D eigenvalue weighted by Crippen LogP contribution is -2.07. The Morgan fingerprint density at radius 1 is 1.05 bits per heavy atom. The highest BCUT2D eigenvalue weighted by atomic mass is 127. The average Bonchev–Trinajstić information content (AvgIpc) is 2.85. The molecule has 2 aromatic rings. The minimum absolute atomic E-state index is 0.351. The van der Waals surface area contributed by atoms with Gasteiger partial charge in [-0.1, -0.05) is 24.3 Å². The van der Waals surface area contributed by atoms with Crippen molar-refractivity contribution in [3.8, 4) is 0 Å². The third-order valence-corrected chi connectivity index (χ3v) is 4.50. The fourth-order valence-electron chi connectivity index (χ4n) is 2.77. The number of rotatable bonds is 3. The summed E-state index contributed by atoms with van der Waals surface area (Å²) in [6.07, 6.45) is 3.82. The molecule has 1 N–H and O–H groups in total. The number of hydrogen-bond donors (Lipinski definition) is 1. The van der Waals surface area contributed by atoms with Gasteiger partial charge in [-0.15, -0.1) is 0 Å². The molecule has 2 aromatic carbocycles. The second-order valence-corrected chi connectivity index (χ2v) is 6.50. The first-order chi connectivity index (χ1) is 9.22. The Morgan fingerprint density at radius 2 is 1.89 bits per heavy atom. The van der Waals surface area contributed by atoms with Gasteiger partial charge in [-0.25, -0.2) is 0 Å². The third-order valence-electron chi connectivity index (χ3n) is 3.83. The van der Waals surface area contributed by atoms with Gasteiger partial charge in [-0.05, 0) is 83.7 Å². The van der Waals surface area contributed by atoms with Crippen molar-refractivity contribution in [1.29, 1.82) is 0 Å². The van der Waals surface area contributed by atoms with Crippen molar-refractivity contribution in [3.05, 3.63) is 62.7 Å². The van der Waals surface area contributed by atoms with Crippen LogP contribution < -0.4 is 5.32 Å². The smallest absolute Gasteiger partial charge is 0.0485 e. The van der Waals surface area contributed by atoms with Crippen molar-refractivity contribution in [2.24, 2.45) is 0 Å². The summed E-state index contributed by atoms with van der Waals surface area (Å²) in [7, 11) is 0. The number of hydrogen-bond acceptors (Lipinski definition) is 1. The first-order valence-electron chi connectivity index (χ1n) is 6.86. The number of fused-ring (bicyclic) bond motifs is 1. The molecule has 0 spiro atoms. The monoisotopic (exact) mass is 363 g/mol. The van der Waals surface area contributed by atoms with Crippen LogP contribution in [0.4, 0.5) is 5.69 Å². The number of anilines is 1. The fraction of sp³-hybridized carbons (Fsp3) is 0.294. The van der Waals surface area contributed by atoms with Crippen LogP contribution in [0.15, 0.2) is 42.5 Å². The molecule has 2 heteroatoms. The van der Waals surface area contributed by atoms with Gasteiger partial charge in [0.05, 0.1) is 0 Å². The Bertz CT molecular complexity index is 592. The Kier molecular flexibility index (Phi) is 3.78. The Hall–Kier alpha value is -1.03. The van der Waals surface area contributed by atoms with E-state index in [1.54, 1.807) is 11.1 Å². The molecule has 1 unspecified atom stereocenters. The maximum atomic E-state index is 3.59. The van der Waals surface area contributed by atoms with E-state index in [0.717, 1.165) is 0 Å². The Balaban J connectivity index is 1.78. The Labute approximate surface area is 128 Å². The lowest BCUT2D eigenvalue weighted by Gasteiger charge is -2.17. The summed E-state index contributed by atoms with van der Waals surface area (Å²) in [6.45, 7) is 2.23. The Morgan fingerprint density at radius 3 is 2.74 bits per heavy atom. The zero-order valence-electron chi connectivity index (χ0n) is 11.1. The van der Waals surface area contributed by atoms with E-state index in [1.165, 1.54) is 34.1 Å². The van der Waals surface area contributed by atoms with Gasteiger partial charge in [0.2, 0.25) is 0 Å². The van der Waals surface area contributed by atoms with Crippen molar-refractivity contribution in [1.82, 2.24) is 0 Å². The summed E-state index contributed by atoms with van der Waals surface area (Å²) < 4.78 is 1.27. The van der Waals surface area contributed by atoms with E-state index in [1.807, 2.05) is 0 Å². The van der Waals surface area contributed by atoms with E-state index in [0.29, 0.717) is 6.04 Å². The van der Waals surface area contributed by atoms with E-state index in [4.69, 9.17) is 0 Å². The molecule has 98 valence electrons. The van der Waals surface area contributed by atoms with Gasteiger partial charge >= 0.3 is 0 Å². The maximum Gasteiger partial charge on any atom is 0.0485 e. The molecule has 0 aromatic heterocycles. The van der Waals surface area contributed by atoms with E-state index in [-0.39, 0.29) is 0 Å². The van der Waals surface area contributed by atoms with Gasteiger partial charge in [-0.3, -0.25) is 0 Å². The van der Waals surface area contributed by atoms with Crippen LogP contribution in [0.3, 0.4) is 0 Å². The van der Waals surface area contributed by atoms with Crippen LogP contribution in [0, 0.1) is 3.57 Å². The molecule has 1 aliphatic rings. The second kappa shape index (κ2) is 5.53.